The van der Waals surface area contributed by atoms with E-state index in [4.69, 9.17) is 0 Å². The maximum atomic E-state index is 12.1. The van der Waals surface area contributed by atoms with Crippen LogP contribution in [0.2, 0.25) is 0 Å². The molecule has 1 N–H and O–H groups in total. The van der Waals surface area contributed by atoms with E-state index >= 15 is 0 Å². The zero-order valence-electron chi connectivity index (χ0n) is 10.6. The van der Waals surface area contributed by atoms with Crippen LogP contribution in [-0.4, -0.2) is 40.0 Å². The number of nitrogens with zero attached hydrogens (tertiary/aromatic N) is 3. The number of carbonyl (C=O) groups is 1. The Hall–Kier alpha value is -1.52. The summed E-state index contributed by atoms with van der Waals surface area (Å²) in [7, 11) is 3.64. The van der Waals surface area contributed by atoms with Gasteiger partial charge in [0, 0.05) is 26.7 Å². The number of hydrogen-bond donors (Lipinski definition) is 1. The SMILES string of the molecule is CCNc1ncc(C(=O)N(C)C(C)C)n1C. The Morgan fingerprint density at radius 3 is 2.75 bits per heavy atom. The van der Waals surface area contributed by atoms with Gasteiger partial charge in [-0.15, -0.1) is 0 Å². The van der Waals surface area contributed by atoms with Crippen LogP contribution in [0.15, 0.2) is 6.20 Å². The highest BCUT2D eigenvalue weighted by molar-refractivity contribution is 5.93. The number of nitrogens with one attached hydrogen (secondary N) is 1. The number of aromatic nitrogens is 2. The molecule has 1 amide bonds. The second-order valence-corrected chi connectivity index (χ2v) is 4.07. The molecule has 0 atom stereocenters. The Bertz CT molecular complexity index is 370. The van der Waals surface area contributed by atoms with Gasteiger partial charge in [0.2, 0.25) is 5.95 Å². The summed E-state index contributed by atoms with van der Waals surface area (Å²) < 4.78 is 1.78. The molecule has 0 radical (unpaired) electrons. The molecule has 1 heterocycles. The largest absolute Gasteiger partial charge is 0.356 e. The monoisotopic (exact) mass is 224 g/mol. The van der Waals surface area contributed by atoms with E-state index in [1.54, 1.807) is 22.7 Å². The highest BCUT2D eigenvalue weighted by Crippen LogP contribution is 2.11. The average Bonchev–Trinajstić information content (AvgIpc) is 2.59. The summed E-state index contributed by atoms with van der Waals surface area (Å²) in [6, 6.07) is 0.185. The zero-order chi connectivity index (χ0) is 12.3. The highest BCUT2D eigenvalue weighted by atomic mass is 16.2. The molecule has 0 aliphatic rings. The van der Waals surface area contributed by atoms with Crippen molar-refractivity contribution in [1.29, 1.82) is 0 Å². The van der Waals surface area contributed by atoms with Gasteiger partial charge in [-0.1, -0.05) is 0 Å². The van der Waals surface area contributed by atoms with E-state index in [2.05, 4.69) is 10.3 Å². The molecule has 0 bridgehead atoms. The third-order valence-corrected chi connectivity index (χ3v) is 2.64. The molecule has 0 aliphatic carbocycles. The van der Waals surface area contributed by atoms with Crippen molar-refractivity contribution in [1.82, 2.24) is 14.5 Å². The molecular weight excluding hydrogens is 204 g/mol. The highest BCUT2D eigenvalue weighted by Gasteiger charge is 2.19. The van der Waals surface area contributed by atoms with Gasteiger partial charge in [-0.2, -0.15) is 0 Å². The lowest BCUT2D eigenvalue weighted by Gasteiger charge is -2.21. The topological polar surface area (TPSA) is 50.2 Å². The first-order valence-corrected chi connectivity index (χ1v) is 5.51. The molecular formula is C11H20N4O. The predicted molar refractivity (Wildman–Crippen MR) is 64.6 cm³/mol. The van der Waals surface area contributed by atoms with E-state index in [9.17, 15) is 4.79 Å². The minimum Gasteiger partial charge on any atom is -0.356 e. The van der Waals surface area contributed by atoms with Crippen molar-refractivity contribution in [3.8, 4) is 0 Å². The van der Waals surface area contributed by atoms with E-state index in [1.165, 1.54) is 0 Å². The minimum atomic E-state index is -0.00541. The first-order valence-electron chi connectivity index (χ1n) is 5.51. The van der Waals surface area contributed by atoms with E-state index < -0.39 is 0 Å². The van der Waals surface area contributed by atoms with Gasteiger partial charge in [-0.25, -0.2) is 4.98 Å². The van der Waals surface area contributed by atoms with Crippen LogP contribution in [0.5, 0.6) is 0 Å². The summed E-state index contributed by atoms with van der Waals surface area (Å²) >= 11 is 0. The fourth-order valence-corrected chi connectivity index (χ4v) is 1.35. The van der Waals surface area contributed by atoms with Crippen LogP contribution in [0.3, 0.4) is 0 Å². The van der Waals surface area contributed by atoms with Gasteiger partial charge in [-0.05, 0) is 20.8 Å². The second kappa shape index (κ2) is 5.01. The van der Waals surface area contributed by atoms with Crippen LogP contribution < -0.4 is 5.32 Å². The van der Waals surface area contributed by atoms with Crippen molar-refractivity contribution in [2.24, 2.45) is 7.05 Å². The lowest BCUT2D eigenvalue weighted by Crippen LogP contribution is -2.34. The number of imidazole rings is 1. The average molecular weight is 224 g/mol. The number of carbonyl (C=O) groups excluding carboxylic acids is 1. The van der Waals surface area contributed by atoms with Crippen molar-refractivity contribution in [2.45, 2.75) is 26.8 Å². The summed E-state index contributed by atoms with van der Waals surface area (Å²) in [6.45, 7) is 6.76. The van der Waals surface area contributed by atoms with Crippen LogP contribution in [0.4, 0.5) is 5.95 Å². The Labute approximate surface area is 96.5 Å². The zero-order valence-corrected chi connectivity index (χ0v) is 10.6. The standard InChI is InChI=1S/C11H20N4O/c1-6-12-11-13-7-9(15(11)5)10(16)14(4)8(2)3/h7-8H,6H2,1-5H3,(H,12,13). The molecule has 90 valence electrons. The van der Waals surface area contributed by atoms with E-state index in [0.717, 1.165) is 12.5 Å². The number of anilines is 1. The van der Waals surface area contributed by atoms with Gasteiger partial charge >= 0.3 is 0 Å². The van der Waals surface area contributed by atoms with Crippen LogP contribution in [0.25, 0.3) is 0 Å². The second-order valence-electron chi connectivity index (χ2n) is 4.07. The maximum absolute atomic E-state index is 12.1. The van der Waals surface area contributed by atoms with Crippen LogP contribution in [0.1, 0.15) is 31.3 Å². The van der Waals surface area contributed by atoms with Crippen LogP contribution >= 0.6 is 0 Å². The molecule has 0 aliphatic heterocycles. The Kier molecular flexibility index (Phi) is 3.93. The molecule has 5 nitrogen and oxygen atoms in total. The summed E-state index contributed by atoms with van der Waals surface area (Å²) in [5.74, 6) is 0.720. The lowest BCUT2D eigenvalue weighted by atomic mass is 10.3. The van der Waals surface area contributed by atoms with Crippen LogP contribution in [-0.2, 0) is 7.05 Å². The molecule has 1 aromatic rings. The fourth-order valence-electron chi connectivity index (χ4n) is 1.35. The molecule has 0 saturated heterocycles. The third kappa shape index (κ3) is 2.35. The quantitative estimate of drug-likeness (QED) is 0.839. The van der Waals surface area contributed by atoms with E-state index in [-0.39, 0.29) is 11.9 Å². The van der Waals surface area contributed by atoms with E-state index in [0.29, 0.717) is 5.69 Å². The first-order chi connectivity index (χ1) is 7.49. The molecule has 0 fully saturated rings. The summed E-state index contributed by atoms with van der Waals surface area (Å²) in [5, 5.41) is 3.10. The molecule has 0 saturated carbocycles. The normalized spacial score (nSPS) is 10.6. The van der Waals surface area contributed by atoms with Crippen molar-refractivity contribution in [2.75, 3.05) is 18.9 Å². The van der Waals surface area contributed by atoms with Crippen molar-refractivity contribution in [3.05, 3.63) is 11.9 Å². The van der Waals surface area contributed by atoms with Gasteiger partial charge in [0.15, 0.2) is 0 Å². The van der Waals surface area contributed by atoms with Gasteiger partial charge in [0.25, 0.3) is 5.91 Å². The molecule has 0 spiro atoms. The molecule has 16 heavy (non-hydrogen) atoms. The van der Waals surface area contributed by atoms with Crippen LogP contribution in [0, 0.1) is 0 Å². The van der Waals surface area contributed by atoms with Crippen molar-refractivity contribution in [3.63, 3.8) is 0 Å². The summed E-state index contributed by atoms with van der Waals surface area (Å²) in [6.07, 6.45) is 1.61. The molecule has 5 heteroatoms. The fraction of sp³-hybridized carbons (Fsp3) is 0.636. The smallest absolute Gasteiger partial charge is 0.272 e. The summed E-state index contributed by atoms with van der Waals surface area (Å²) in [5.41, 5.74) is 0.604. The molecule has 1 rings (SSSR count). The summed E-state index contributed by atoms with van der Waals surface area (Å²) in [4.78, 5) is 17.9. The molecule has 1 aromatic heterocycles. The predicted octanol–water partition coefficient (Wildman–Crippen LogP) is 1.33. The molecule has 0 aromatic carbocycles. The van der Waals surface area contributed by atoms with Crippen molar-refractivity contribution >= 4 is 11.9 Å². The number of rotatable bonds is 4. The Balaban J connectivity index is 2.92. The lowest BCUT2D eigenvalue weighted by molar-refractivity contribution is 0.0745. The van der Waals surface area contributed by atoms with Gasteiger partial charge in [-0.3, -0.25) is 4.79 Å². The van der Waals surface area contributed by atoms with Gasteiger partial charge in [0.1, 0.15) is 5.69 Å². The number of hydrogen-bond acceptors (Lipinski definition) is 3. The number of amides is 1. The third-order valence-electron chi connectivity index (χ3n) is 2.64. The minimum absolute atomic E-state index is 0.00541. The van der Waals surface area contributed by atoms with Gasteiger partial charge in [0.05, 0.1) is 6.20 Å². The van der Waals surface area contributed by atoms with Gasteiger partial charge < -0.3 is 14.8 Å². The van der Waals surface area contributed by atoms with Crippen molar-refractivity contribution < 1.29 is 4.79 Å². The van der Waals surface area contributed by atoms with E-state index in [1.807, 2.05) is 27.8 Å². The Morgan fingerprint density at radius 2 is 2.25 bits per heavy atom. The molecule has 0 unspecified atom stereocenters. The Morgan fingerprint density at radius 1 is 1.62 bits per heavy atom. The maximum Gasteiger partial charge on any atom is 0.272 e. The first kappa shape index (κ1) is 12.5.